The Morgan fingerprint density at radius 1 is 1.08 bits per heavy atom. The molecule has 0 fully saturated rings. The van der Waals surface area contributed by atoms with Gasteiger partial charge >= 0.3 is 0 Å². The zero-order chi connectivity index (χ0) is 18.4. The summed E-state index contributed by atoms with van der Waals surface area (Å²) in [5, 5.41) is 2.95. The number of aryl methyl sites for hydroxylation is 1. The van der Waals surface area contributed by atoms with E-state index in [2.05, 4.69) is 29.6 Å². The van der Waals surface area contributed by atoms with E-state index in [1.165, 1.54) is 11.8 Å². The molecule has 0 spiro atoms. The smallest absolute Gasteiger partial charge is 0.221 e. The molecule has 1 atom stereocenters. The lowest BCUT2D eigenvalue weighted by atomic mass is 10.1. The average Bonchev–Trinajstić information content (AvgIpc) is 2.56. The standard InChI is InChI=1S/C19H23NO3S2/c1-14-4-8-17(9-5-14)24-13-12-19(21)20-15(2)16-6-10-18(11-7-16)25(3,22)23/h4-11,15H,12-13H2,1-3H3,(H,20,21). The number of benzene rings is 2. The highest BCUT2D eigenvalue weighted by atomic mass is 32.2. The van der Waals surface area contributed by atoms with E-state index in [-0.39, 0.29) is 16.8 Å². The minimum absolute atomic E-state index is 0.0145. The van der Waals surface area contributed by atoms with Crippen molar-refractivity contribution in [2.75, 3.05) is 12.0 Å². The zero-order valence-electron chi connectivity index (χ0n) is 14.7. The molecule has 0 saturated heterocycles. The summed E-state index contributed by atoms with van der Waals surface area (Å²) in [5.74, 6) is 0.702. The van der Waals surface area contributed by atoms with E-state index < -0.39 is 9.84 Å². The summed E-state index contributed by atoms with van der Waals surface area (Å²) in [5.41, 5.74) is 2.10. The lowest BCUT2D eigenvalue weighted by Crippen LogP contribution is -2.26. The third-order valence-electron chi connectivity index (χ3n) is 3.80. The highest BCUT2D eigenvalue weighted by molar-refractivity contribution is 7.99. The van der Waals surface area contributed by atoms with E-state index in [1.807, 2.05) is 13.8 Å². The second-order valence-corrected chi connectivity index (χ2v) is 9.23. The molecular formula is C19H23NO3S2. The summed E-state index contributed by atoms with van der Waals surface area (Å²) in [6.45, 7) is 3.94. The number of rotatable bonds is 7. The molecule has 0 aliphatic carbocycles. The molecule has 0 radical (unpaired) electrons. The van der Waals surface area contributed by atoms with Gasteiger partial charge in [-0.05, 0) is 43.7 Å². The Hall–Kier alpha value is -1.79. The van der Waals surface area contributed by atoms with E-state index >= 15 is 0 Å². The molecule has 134 valence electrons. The van der Waals surface area contributed by atoms with E-state index in [0.717, 1.165) is 10.5 Å². The van der Waals surface area contributed by atoms with Gasteiger partial charge in [0.2, 0.25) is 5.91 Å². The van der Waals surface area contributed by atoms with E-state index in [4.69, 9.17) is 0 Å². The molecule has 0 heterocycles. The van der Waals surface area contributed by atoms with Crippen LogP contribution in [0, 0.1) is 6.92 Å². The van der Waals surface area contributed by atoms with Crippen molar-refractivity contribution in [2.24, 2.45) is 0 Å². The van der Waals surface area contributed by atoms with Crippen molar-refractivity contribution in [1.82, 2.24) is 5.32 Å². The van der Waals surface area contributed by atoms with Gasteiger partial charge in [0.25, 0.3) is 0 Å². The highest BCUT2D eigenvalue weighted by Crippen LogP contribution is 2.20. The second-order valence-electron chi connectivity index (χ2n) is 6.04. The van der Waals surface area contributed by atoms with Crippen LogP contribution in [0.4, 0.5) is 0 Å². The van der Waals surface area contributed by atoms with Gasteiger partial charge in [0.15, 0.2) is 9.84 Å². The Morgan fingerprint density at radius 3 is 2.24 bits per heavy atom. The first-order valence-corrected chi connectivity index (χ1v) is 10.9. The van der Waals surface area contributed by atoms with Crippen LogP contribution in [0.1, 0.15) is 30.5 Å². The van der Waals surface area contributed by atoms with Crippen molar-refractivity contribution in [2.45, 2.75) is 36.1 Å². The Kier molecular flexibility index (Phi) is 6.67. The van der Waals surface area contributed by atoms with E-state index in [1.54, 1.807) is 36.0 Å². The maximum atomic E-state index is 12.1. The number of carbonyl (C=O) groups excluding carboxylic acids is 1. The molecule has 2 rings (SSSR count). The molecule has 0 aliphatic heterocycles. The van der Waals surface area contributed by atoms with Gasteiger partial charge in [-0.2, -0.15) is 0 Å². The van der Waals surface area contributed by atoms with Crippen molar-refractivity contribution < 1.29 is 13.2 Å². The van der Waals surface area contributed by atoms with Crippen LogP contribution >= 0.6 is 11.8 Å². The van der Waals surface area contributed by atoms with Crippen LogP contribution in [-0.2, 0) is 14.6 Å². The Morgan fingerprint density at radius 2 is 1.68 bits per heavy atom. The molecule has 2 aromatic rings. The number of hydrogen-bond donors (Lipinski definition) is 1. The molecule has 2 aromatic carbocycles. The minimum Gasteiger partial charge on any atom is -0.350 e. The molecule has 25 heavy (non-hydrogen) atoms. The topological polar surface area (TPSA) is 63.2 Å². The SMILES string of the molecule is Cc1ccc(SCCC(=O)NC(C)c2ccc(S(C)(=O)=O)cc2)cc1. The average molecular weight is 378 g/mol. The first-order valence-electron chi connectivity index (χ1n) is 8.04. The molecule has 1 amide bonds. The lowest BCUT2D eigenvalue weighted by molar-refractivity contribution is -0.121. The largest absolute Gasteiger partial charge is 0.350 e. The van der Waals surface area contributed by atoms with Gasteiger partial charge in [0.05, 0.1) is 10.9 Å². The van der Waals surface area contributed by atoms with Crippen molar-refractivity contribution in [3.05, 3.63) is 59.7 Å². The number of amides is 1. The molecular weight excluding hydrogens is 354 g/mol. The molecule has 0 saturated carbocycles. The number of carbonyl (C=O) groups is 1. The van der Waals surface area contributed by atoms with Crippen molar-refractivity contribution in [1.29, 1.82) is 0 Å². The summed E-state index contributed by atoms with van der Waals surface area (Å²) in [6, 6.07) is 14.7. The lowest BCUT2D eigenvalue weighted by Gasteiger charge is -2.14. The fourth-order valence-corrected chi connectivity index (χ4v) is 3.78. The predicted octanol–water partition coefficient (Wildman–Crippen LogP) is 3.76. The third-order valence-corrected chi connectivity index (χ3v) is 5.95. The number of hydrogen-bond acceptors (Lipinski definition) is 4. The Labute approximate surface area is 154 Å². The molecule has 4 nitrogen and oxygen atoms in total. The van der Waals surface area contributed by atoms with Crippen molar-refractivity contribution in [3.63, 3.8) is 0 Å². The summed E-state index contributed by atoms with van der Waals surface area (Å²) in [6.07, 6.45) is 1.61. The molecule has 1 N–H and O–H groups in total. The number of nitrogens with one attached hydrogen (secondary N) is 1. The van der Waals surface area contributed by atoms with Crippen LogP contribution in [0.3, 0.4) is 0 Å². The van der Waals surface area contributed by atoms with Crippen LogP contribution in [-0.4, -0.2) is 26.3 Å². The molecule has 0 bridgehead atoms. The van der Waals surface area contributed by atoms with Crippen LogP contribution < -0.4 is 5.32 Å². The quantitative estimate of drug-likeness (QED) is 0.746. The minimum atomic E-state index is -3.20. The Bertz CT molecular complexity index is 813. The summed E-state index contributed by atoms with van der Waals surface area (Å²) in [4.78, 5) is 13.5. The summed E-state index contributed by atoms with van der Waals surface area (Å²) >= 11 is 1.66. The molecule has 0 aromatic heterocycles. The molecule has 1 unspecified atom stereocenters. The van der Waals surface area contributed by atoms with Gasteiger partial charge < -0.3 is 5.32 Å². The Balaban J connectivity index is 1.82. The molecule has 0 aliphatic rings. The van der Waals surface area contributed by atoms with Crippen LogP contribution in [0.25, 0.3) is 0 Å². The van der Waals surface area contributed by atoms with Crippen LogP contribution in [0.15, 0.2) is 58.3 Å². The fourth-order valence-electron chi connectivity index (χ4n) is 2.30. The fraction of sp³-hybridized carbons (Fsp3) is 0.316. The van der Waals surface area contributed by atoms with Crippen molar-refractivity contribution >= 4 is 27.5 Å². The van der Waals surface area contributed by atoms with Crippen LogP contribution in [0.5, 0.6) is 0 Å². The number of thioether (sulfide) groups is 1. The van der Waals surface area contributed by atoms with E-state index in [0.29, 0.717) is 12.2 Å². The van der Waals surface area contributed by atoms with Gasteiger partial charge in [-0.3, -0.25) is 4.79 Å². The normalized spacial score (nSPS) is 12.6. The van der Waals surface area contributed by atoms with Gasteiger partial charge in [-0.1, -0.05) is 29.8 Å². The van der Waals surface area contributed by atoms with Crippen molar-refractivity contribution in [3.8, 4) is 0 Å². The molecule has 6 heteroatoms. The van der Waals surface area contributed by atoms with Gasteiger partial charge in [-0.15, -0.1) is 11.8 Å². The second kappa shape index (κ2) is 8.54. The number of sulfone groups is 1. The predicted molar refractivity (Wildman–Crippen MR) is 103 cm³/mol. The summed E-state index contributed by atoms with van der Waals surface area (Å²) < 4.78 is 22.9. The first-order chi connectivity index (χ1) is 11.8. The monoisotopic (exact) mass is 377 g/mol. The van der Waals surface area contributed by atoms with Gasteiger partial charge in [0.1, 0.15) is 0 Å². The highest BCUT2D eigenvalue weighted by Gasteiger charge is 2.12. The zero-order valence-corrected chi connectivity index (χ0v) is 16.3. The van der Waals surface area contributed by atoms with Gasteiger partial charge in [0, 0.05) is 23.3 Å². The van der Waals surface area contributed by atoms with Crippen LogP contribution in [0.2, 0.25) is 0 Å². The van der Waals surface area contributed by atoms with Gasteiger partial charge in [-0.25, -0.2) is 8.42 Å². The summed E-state index contributed by atoms with van der Waals surface area (Å²) in [7, 11) is -3.20. The van der Waals surface area contributed by atoms with E-state index in [9.17, 15) is 13.2 Å². The first kappa shape index (κ1) is 19.5. The third kappa shape index (κ3) is 6.21. The maximum Gasteiger partial charge on any atom is 0.221 e. The maximum absolute atomic E-state index is 12.1.